The summed E-state index contributed by atoms with van der Waals surface area (Å²) in [5.41, 5.74) is 2.99. The van der Waals surface area contributed by atoms with Gasteiger partial charge < -0.3 is 14.1 Å². The van der Waals surface area contributed by atoms with Crippen molar-refractivity contribution in [1.82, 2.24) is 9.88 Å². The summed E-state index contributed by atoms with van der Waals surface area (Å²) in [6.07, 6.45) is -0.0750. The van der Waals surface area contributed by atoms with Gasteiger partial charge in [0.1, 0.15) is 12.3 Å². The highest BCUT2D eigenvalue weighted by atomic mass is 32.2. The van der Waals surface area contributed by atoms with Gasteiger partial charge in [0, 0.05) is 31.1 Å². The average Bonchev–Trinajstić information content (AvgIpc) is 3.31. The molecule has 1 aromatic heterocycles. The number of oxazole rings is 1. The zero-order chi connectivity index (χ0) is 24.8. The second kappa shape index (κ2) is 10.5. The molecule has 0 unspecified atom stereocenters. The summed E-state index contributed by atoms with van der Waals surface area (Å²) in [5.74, 6) is 0.996. The summed E-state index contributed by atoms with van der Waals surface area (Å²) in [5, 5.41) is 5.21. The van der Waals surface area contributed by atoms with Crippen molar-refractivity contribution in [2.45, 2.75) is 17.9 Å². The van der Waals surface area contributed by atoms with Crippen molar-refractivity contribution in [3.63, 3.8) is 0 Å². The lowest BCUT2D eigenvalue weighted by atomic mass is 10.1. The summed E-state index contributed by atoms with van der Waals surface area (Å²) >= 11 is 0. The number of nitrogens with zero attached hydrogens (tertiary/aromatic N) is 2. The zero-order valence-electron chi connectivity index (χ0n) is 19.1. The summed E-state index contributed by atoms with van der Waals surface area (Å²) in [7, 11) is -2.15. The van der Waals surface area contributed by atoms with Crippen molar-refractivity contribution < 1.29 is 22.4 Å². The fourth-order valence-electron chi connectivity index (χ4n) is 3.44. The SMILES string of the molecule is CN(CCc1nc(-c2ccc(S(N)(=O)=O)cc2)c(-c2ccccc2)o1)C(=O)OCc1ccccc1. The van der Waals surface area contributed by atoms with Crippen LogP contribution in [0.5, 0.6) is 0 Å². The van der Waals surface area contributed by atoms with E-state index in [1.807, 2.05) is 60.7 Å². The van der Waals surface area contributed by atoms with Crippen LogP contribution < -0.4 is 5.14 Å². The maximum absolute atomic E-state index is 12.4. The first kappa shape index (κ1) is 24.2. The van der Waals surface area contributed by atoms with E-state index in [0.29, 0.717) is 35.9 Å². The molecule has 8 nitrogen and oxygen atoms in total. The highest BCUT2D eigenvalue weighted by molar-refractivity contribution is 7.89. The van der Waals surface area contributed by atoms with Crippen LogP contribution in [0.1, 0.15) is 11.5 Å². The summed E-state index contributed by atoms with van der Waals surface area (Å²) in [6.45, 7) is 0.534. The monoisotopic (exact) mass is 491 g/mol. The van der Waals surface area contributed by atoms with Gasteiger partial charge in [0.15, 0.2) is 11.7 Å². The lowest BCUT2D eigenvalue weighted by molar-refractivity contribution is 0.104. The molecule has 1 heterocycles. The molecule has 1 amide bonds. The molecular formula is C26H25N3O5S. The fraction of sp³-hybridized carbons (Fsp3) is 0.154. The number of nitrogens with two attached hydrogens (primary N) is 1. The lowest BCUT2D eigenvalue weighted by Gasteiger charge is -2.16. The van der Waals surface area contributed by atoms with Crippen LogP contribution in [0, 0.1) is 0 Å². The lowest BCUT2D eigenvalue weighted by Crippen LogP contribution is -2.29. The molecule has 0 fully saturated rings. The molecule has 3 aromatic carbocycles. The molecule has 2 N–H and O–H groups in total. The van der Waals surface area contributed by atoms with Gasteiger partial charge in [-0.15, -0.1) is 0 Å². The fourth-order valence-corrected chi connectivity index (χ4v) is 3.95. The van der Waals surface area contributed by atoms with Crippen LogP contribution in [0.4, 0.5) is 4.79 Å². The van der Waals surface area contributed by atoms with Gasteiger partial charge in [0.25, 0.3) is 0 Å². The minimum Gasteiger partial charge on any atom is -0.445 e. The van der Waals surface area contributed by atoms with Crippen LogP contribution in [-0.2, 0) is 27.8 Å². The van der Waals surface area contributed by atoms with E-state index in [4.69, 9.17) is 14.3 Å². The molecule has 35 heavy (non-hydrogen) atoms. The molecule has 0 aliphatic carbocycles. The van der Waals surface area contributed by atoms with Gasteiger partial charge in [-0.3, -0.25) is 0 Å². The molecule has 0 aliphatic heterocycles. The molecule has 0 radical (unpaired) electrons. The van der Waals surface area contributed by atoms with Crippen LogP contribution in [0.25, 0.3) is 22.6 Å². The van der Waals surface area contributed by atoms with E-state index in [0.717, 1.165) is 11.1 Å². The Hall–Kier alpha value is -3.95. The normalized spacial score (nSPS) is 11.3. The summed E-state index contributed by atoms with van der Waals surface area (Å²) in [4.78, 5) is 18.5. The third-order valence-corrected chi connectivity index (χ3v) is 6.27. The molecule has 9 heteroatoms. The number of primary sulfonamides is 1. The van der Waals surface area contributed by atoms with Crippen LogP contribution in [-0.4, -0.2) is 38.0 Å². The van der Waals surface area contributed by atoms with Crippen LogP contribution in [0.2, 0.25) is 0 Å². The van der Waals surface area contributed by atoms with Crippen LogP contribution in [0.3, 0.4) is 0 Å². The summed E-state index contributed by atoms with van der Waals surface area (Å²) in [6, 6.07) is 25.1. The maximum atomic E-state index is 12.4. The Bertz CT molecular complexity index is 1390. The number of sulfonamides is 1. The highest BCUT2D eigenvalue weighted by Crippen LogP contribution is 2.33. The van der Waals surface area contributed by atoms with Gasteiger partial charge in [-0.2, -0.15) is 0 Å². The topological polar surface area (TPSA) is 116 Å². The Kier molecular flexibility index (Phi) is 7.28. The van der Waals surface area contributed by atoms with E-state index in [1.54, 1.807) is 19.2 Å². The number of hydrogen-bond donors (Lipinski definition) is 1. The molecule has 0 saturated heterocycles. The molecule has 0 saturated carbocycles. The van der Waals surface area contributed by atoms with E-state index < -0.39 is 16.1 Å². The number of carbonyl (C=O) groups is 1. The van der Waals surface area contributed by atoms with E-state index in [2.05, 4.69) is 4.98 Å². The molecule has 4 rings (SSSR count). The maximum Gasteiger partial charge on any atom is 0.409 e. The van der Waals surface area contributed by atoms with Crippen molar-refractivity contribution in [3.05, 3.63) is 96.4 Å². The van der Waals surface area contributed by atoms with Gasteiger partial charge in [0.05, 0.1) is 4.90 Å². The number of carbonyl (C=O) groups excluding carboxylic acids is 1. The number of likely N-dealkylation sites (N-methyl/N-ethyl adjacent to an activating group) is 1. The van der Waals surface area contributed by atoms with E-state index in [9.17, 15) is 13.2 Å². The predicted octanol–water partition coefficient (Wildman–Crippen LogP) is 4.47. The Balaban J connectivity index is 1.50. The number of rotatable bonds is 8. The minimum atomic E-state index is -3.80. The van der Waals surface area contributed by atoms with Crippen molar-refractivity contribution in [2.24, 2.45) is 5.14 Å². The minimum absolute atomic E-state index is 0.0156. The first-order chi connectivity index (χ1) is 16.8. The summed E-state index contributed by atoms with van der Waals surface area (Å²) < 4.78 is 34.7. The first-order valence-corrected chi connectivity index (χ1v) is 12.5. The van der Waals surface area contributed by atoms with Gasteiger partial charge in [-0.1, -0.05) is 72.8 Å². The second-order valence-electron chi connectivity index (χ2n) is 7.93. The second-order valence-corrected chi connectivity index (χ2v) is 9.49. The van der Waals surface area contributed by atoms with Crippen molar-refractivity contribution in [1.29, 1.82) is 0 Å². The molecule has 0 aliphatic rings. The van der Waals surface area contributed by atoms with Gasteiger partial charge >= 0.3 is 6.09 Å². The molecular weight excluding hydrogens is 466 g/mol. The van der Waals surface area contributed by atoms with Gasteiger partial charge in [0.2, 0.25) is 10.0 Å². The molecule has 0 atom stereocenters. The third-order valence-electron chi connectivity index (χ3n) is 5.34. The van der Waals surface area contributed by atoms with E-state index in [-0.39, 0.29) is 11.5 Å². The third kappa shape index (κ3) is 6.14. The van der Waals surface area contributed by atoms with Crippen LogP contribution in [0.15, 0.2) is 94.2 Å². The molecule has 0 spiro atoms. The first-order valence-electron chi connectivity index (χ1n) is 10.9. The van der Waals surface area contributed by atoms with Gasteiger partial charge in [-0.25, -0.2) is 23.3 Å². The number of hydrogen-bond acceptors (Lipinski definition) is 6. The Morgan fingerprint density at radius 3 is 2.20 bits per heavy atom. The van der Waals surface area contributed by atoms with Crippen molar-refractivity contribution in [3.8, 4) is 22.6 Å². The molecule has 0 bridgehead atoms. The largest absolute Gasteiger partial charge is 0.445 e. The number of ether oxygens (including phenoxy) is 1. The Labute approximate surface area is 204 Å². The zero-order valence-corrected chi connectivity index (χ0v) is 19.9. The predicted molar refractivity (Wildman–Crippen MR) is 132 cm³/mol. The van der Waals surface area contributed by atoms with E-state index >= 15 is 0 Å². The highest BCUT2D eigenvalue weighted by Gasteiger charge is 2.19. The molecule has 4 aromatic rings. The van der Waals surface area contributed by atoms with E-state index in [1.165, 1.54) is 17.0 Å². The Morgan fingerprint density at radius 1 is 0.943 bits per heavy atom. The van der Waals surface area contributed by atoms with Crippen LogP contribution >= 0.6 is 0 Å². The van der Waals surface area contributed by atoms with Crippen molar-refractivity contribution in [2.75, 3.05) is 13.6 Å². The average molecular weight is 492 g/mol. The van der Waals surface area contributed by atoms with Crippen molar-refractivity contribution >= 4 is 16.1 Å². The smallest absolute Gasteiger partial charge is 0.409 e. The number of amides is 1. The van der Waals surface area contributed by atoms with Gasteiger partial charge in [-0.05, 0) is 17.7 Å². The quantitative estimate of drug-likeness (QED) is 0.389. The Morgan fingerprint density at radius 2 is 1.57 bits per heavy atom. The number of benzene rings is 3. The molecule has 180 valence electrons. The number of aromatic nitrogens is 1. The standard InChI is InChI=1S/C26H25N3O5S/c1-29(26(30)33-18-19-8-4-2-5-9-19)17-16-23-28-24(25(34-23)21-10-6-3-7-11-21)20-12-14-22(15-13-20)35(27,31)32/h2-15H,16-18H2,1H3,(H2,27,31,32).